The van der Waals surface area contributed by atoms with E-state index in [0.717, 1.165) is 11.3 Å². The normalized spacial score (nSPS) is 10.1. The van der Waals surface area contributed by atoms with E-state index in [9.17, 15) is 19.5 Å². The first-order valence-corrected chi connectivity index (χ1v) is 6.62. The van der Waals surface area contributed by atoms with Gasteiger partial charge in [-0.05, 0) is 12.1 Å². The predicted octanol–water partition coefficient (Wildman–Crippen LogP) is 1.16. The first kappa shape index (κ1) is 14.6. The lowest BCUT2D eigenvalue weighted by Crippen LogP contribution is -2.28. The Bertz CT molecular complexity index is 736. The molecule has 2 amide bonds. The molecule has 1 aromatic heterocycles. The molecular weight excluding hydrogens is 298 g/mol. The standard InChI is InChI=1S/C12H11N3O5S/c16-9-7(10(17)18)2-1-3-8(9)15-11(19)13-4-6-5-21-12(20)14-6/h1-3,5,16H,4H2,(H,14,20)(H,17,18)(H2,13,15,19). The second-order valence-corrected chi connectivity index (χ2v) is 4.83. The van der Waals surface area contributed by atoms with E-state index in [0.29, 0.717) is 5.69 Å². The third-order valence-corrected chi connectivity index (χ3v) is 3.24. The summed E-state index contributed by atoms with van der Waals surface area (Å²) in [5.41, 5.74) is 0.213. The van der Waals surface area contributed by atoms with E-state index < -0.39 is 17.7 Å². The van der Waals surface area contributed by atoms with Crippen LogP contribution < -0.4 is 15.5 Å². The Balaban J connectivity index is 2.01. The number of carbonyl (C=O) groups is 2. The molecule has 0 radical (unpaired) electrons. The number of H-pyrrole nitrogens is 1. The van der Waals surface area contributed by atoms with Gasteiger partial charge >= 0.3 is 16.9 Å². The van der Waals surface area contributed by atoms with Crippen molar-refractivity contribution >= 4 is 29.0 Å². The molecule has 5 N–H and O–H groups in total. The van der Waals surface area contributed by atoms with Crippen LogP contribution in [-0.4, -0.2) is 27.2 Å². The molecule has 0 fully saturated rings. The maximum atomic E-state index is 11.7. The molecule has 0 spiro atoms. The van der Waals surface area contributed by atoms with Crippen molar-refractivity contribution in [3.8, 4) is 5.75 Å². The Morgan fingerprint density at radius 3 is 2.71 bits per heavy atom. The number of urea groups is 1. The first-order chi connectivity index (χ1) is 9.97. The van der Waals surface area contributed by atoms with Gasteiger partial charge in [-0.3, -0.25) is 4.79 Å². The number of nitrogens with one attached hydrogen (secondary N) is 3. The third kappa shape index (κ3) is 3.60. The van der Waals surface area contributed by atoms with Crippen LogP contribution in [0.3, 0.4) is 0 Å². The molecule has 0 bridgehead atoms. The summed E-state index contributed by atoms with van der Waals surface area (Å²) >= 11 is 0.980. The number of anilines is 1. The zero-order valence-electron chi connectivity index (χ0n) is 10.5. The molecule has 2 aromatic rings. The van der Waals surface area contributed by atoms with Crippen molar-refractivity contribution in [3.05, 3.63) is 44.5 Å². The average Bonchev–Trinajstić information content (AvgIpc) is 2.84. The second kappa shape index (κ2) is 6.09. The van der Waals surface area contributed by atoms with Crippen LogP contribution in [0.1, 0.15) is 16.1 Å². The molecule has 0 aliphatic carbocycles. The summed E-state index contributed by atoms with van der Waals surface area (Å²) in [5.74, 6) is -1.82. The number of aromatic nitrogens is 1. The predicted molar refractivity (Wildman–Crippen MR) is 75.9 cm³/mol. The minimum Gasteiger partial charge on any atom is -0.505 e. The third-order valence-electron chi connectivity index (χ3n) is 2.52. The number of aromatic hydroxyl groups is 1. The van der Waals surface area contributed by atoms with Crippen LogP contribution in [0, 0.1) is 0 Å². The van der Waals surface area contributed by atoms with Gasteiger partial charge in [0.1, 0.15) is 5.56 Å². The number of aromatic amines is 1. The number of benzene rings is 1. The Labute approximate surface area is 122 Å². The van der Waals surface area contributed by atoms with Gasteiger partial charge in [0, 0.05) is 11.1 Å². The SMILES string of the molecule is O=C(NCc1csc(=O)[nH]1)Nc1cccc(C(=O)O)c1O. The summed E-state index contributed by atoms with van der Waals surface area (Å²) in [7, 11) is 0. The highest BCUT2D eigenvalue weighted by molar-refractivity contribution is 7.07. The lowest BCUT2D eigenvalue weighted by atomic mass is 10.2. The van der Waals surface area contributed by atoms with Crippen LogP contribution in [0.15, 0.2) is 28.4 Å². The van der Waals surface area contributed by atoms with Crippen molar-refractivity contribution in [2.45, 2.75) is 6.54 Å². The largest absolute Gasteiger partial charge is 0.505 e. The van der Waals surface area contributed by atoms with E-state index >= 15 is 0 Å². The van der Waals surface area contributed by atoms with Gasteiger partial charge in [-0.1, -0.05) is 17.4 Å². The van der Waals surface area contributed by atoms with Crippen molar-refractivity contribution in [1.82, 2.24) is 10.3 Å². The van der Waals surface area contributed by atoms with Gasteiger partial charge in [0.05, 0.1) is 12.2 Å². The van der Waals surface area contributed by atoms with Crippen LogP contribution in [0.2, 0.25) is 0 Å². The van der Waals surface area contributed by atoms with Crippen LogP contribution in [0.4, 0.5) is 10.5 Å². The fourth-order valence-corrected chi connectivity index (χ4v) is 2.14. The minimum atomic E-state index is -1.30. The van der Waals surface area contributed by atoms with Gasteiger partial charge in [-0.25, -0.2) is 9.59 Å². The number of rotatable bonds is 4. The van der Waals surface area contributed by atoms with Gasteiger partial charge in [-0.2, -0.15) is 0 Å². The maximum absolute atomic E-state index is 11.7. The fourth-order valence-electron chi connectivity index (χ4n) is 1.56. The molecular formula is C12H11N3O5S. The van der Waals surface area contributed by atoms with Gasteiger partial charge in [-0.15, -0.1) is 0 Å². The molecule has 0 atom stereocenters. The number of phenols is 1. The van der Waals surface area contributed by atoms with Crippen LogP contribution in [0.5, 0.6) is 5.75 Å². The van der Waals surface area contributed by atoms with Crippen molar-refractivity contribution < 1.29 is 19.8 Å². The molecule has 1 aromatic carbocycles. The van der Waals surface area contributed by atoms with E-state index in [4.69, 9.17) is 5.11 Å². The van der Waals surface area contributed by atoms with Crippen molar-refractivity contribution in [2.75, 3.05) is 5.32 Å². The van der Waals surface area contributed by atoms with E-state index in [1.54, 1.807) is 5.38 Å². The Morgan fingerprint density at radius 2 is 2.10 bits per heavy atom. The summed E-state index contributed by atoms with van der Waals surface area (Å²) in [4.78, 5) is 35.7. The number of carbonyl (C=O) groups excluding carboxylic acids is 1. The number of thiazole rings is 1. The number of amides is 2. The number of carboxylic acid groups (broad SMARTS) is 1. The Morgan fingerprint density at radius 1 is 1.33 bits per heavy atom. The lowest BCUT2D eigenvalue weighted by Gasteiger charge is -2.09. The highest BCUT2D eigenvalue weighted by Crippen LogP contribution is 2.27. The van der Waals surface area contributed by atoms with E-state index in [-0.39, 0.29) is 22.7 Å². The number of hydrogen-bond donors (Lipinski definition) is 5. The maximum Gasteiger partial charge on any atom is 0.339 e. The smallest absolute Gasteiger partial charge is 0.339 e. The quantitative estimate of drug-likeness (QED) is 0.541. The molecule has 2 rings (SSSR count). The number of para-hydroxylation sites is 1. The van der Waals surface area contributed by atoms with Crippen molar-refractivity contribution in [1.29, 1.82) is 0 Å². The van der Waals surface area contributed by atoms with Gasteiger partial charge < -0.3 is 25.8 Å². The number of aromatic carboxylic acids is 1. The Kier molecular flexibility index (Phi) is 4.24. The highest BCUT2D eigenvalue weighted by atomic mass is 32.1. The number of hydrogen-bond acceptors (Lipinski definition) is 5. The van der Waals surface area contributed by atoms with Crippen molar-refractivity contribution in [3.63, 3.8) is 0 Å². The molecule has 0 aliphatic rings. The molecule has 0 saturated heterocycles. The Hall–Kier alpha value is -2.81. The molecule has 1 heterocycles. The molecule has 110 valence electrons. The minimum absolute atomic E-state index is 0.0220. The summed E-state index contributed by atoms with van der Waals surface area (Å²) in [5, 5.41) is 25.0. The average molecular weight is 309 g/mol. The summed E-state index contributed by atoms with van der Waals surface area (Å²) in [6, 6.07) is 3.35. The van der Waals surface area contributed by atoms with E-state index in [2.05, 4.69) is 15.6 Å². The lowest BCUT2D eigenvalue weighted by molar-refractivity contribution is 0.0693. The molecule has 8 nitrogen and oxygen atoms in total. The second-order valence-electron chi connectivity index (χ2n) is 3.99. The van der Waals surface area contributed by atoms with Gasteiger partial charge in [0.2, 0.25) is 0 Å². The highest BCUT2D eigenvalue weighted by Gasteiger charge is 2.14. The molecule has 9 heteroatoms. The summed E-state index contributed by atoms with van der Waals surface area (Å²) in [6.07, 6.45) is 0. The zero-order chi connectivity index (χ0) is 15.4. The topological polar surface area (TPSA) is 132 Å². The first-order valence-electron chi connectivity index (χ1n) is 5.74. The van der Waals surface area contributed by atoms with Crippen LogP contribution in [-0.2, 0) is 6.54 Å². The fraction of sp³-hybridized carbons (Fsp3) is 0.0833. The van der Waals surface area contributed by atoms with Gasteiger partial charge in [0.25, 0.3) is 0 Å². The number of carboxylic acids is 1. The monoisotopic (exact) mass is 309 g/mol. The van der Waals surface area contributed by atoms with E-state index in [1.165, 1.54) is 18.2 Å². The van der Waals surface area contributed by atoms with Crippen LogP contribution >= 0.6 is 11.3 Å². The molecule has 21 heavy (non-hydrogen) atoms. The zero-order valence-corrected chi connectivity index (χ0v) is 11.4. The molecule has 0 unspecified atom stereocenters. The van der Waals surface area contributed by atoms with Gasteiger partial charge in [0.15, 0.2) is 5.75 Å². The van der Waals surface area contributed by atoms with Crippen molar-refractivity contribution in [2.24, 2.45) is 0 Å². The molecule has 0 aliphatic heterocycles. The van der Waals surface area contributed by atoms with E-state index in [1.807, 2.05) is 0 Å². The van der Waals surface area contributed by atoms with Crippen LogP contribution in [0.25, 0.3) is 0 Å². The molecule has 0 saturated carbocycles. The summed E-state index contributed by atoms with van der Waals surface area (Å²) in [6.45, 7) is 0.101. The summed E-state index contributed by atoms with van der Waals surface area (Å²) < 4.78 is 0.